The van der Waals surface area contributed by atoms with Crippen molar-refractivity contribution in [3.05, 3.63) is 45.4 Å². The number of carbonyl (C=O) groups excluding carboxylic acids is 2. The zero-order valence-corrected chi connectivity index (χ0v) is 16.5. The largest absolute Gasteiger partial charge is 0.452 e. The third-order valence-corrected chi connectivity index (χ3v) is 5.89. The molecule has 0 saturated carbocycles. The Morgan fingerprint density at radius 3 is 2.85 bits per heavy atom. The number of carbonyl (C=O) groups is 2. The number of nitrogens with zero attached hydrogens (tertiary/aromatic N) is 2. The summed E-state index contributed by atoms with van der Waals surface area (Å²) in [5.41, 5.74) is 2.43. The fraction of sp³-hybridized carbons (Fsp3) is 0.500. The van der Waals surface area contributed by atoms with E-state index < -0.39 is 5.97 Å². The molecule has 140 valence electrons. The molecule has 6 heteroatoms. The highest BCUT2D eigenvalue weighted by Crippen LogP contribution is 2.20. The maximum Gasteiger partial charge on any atom is 0.340 e. The van der Waals surface area contributed by atoms with E-state index >= 15 is 0 Å². The Labute approximate surface area is 158 Å². The molecule has 0 spiro atoms. The van der Waals surface area contributed by atoms with Crippen molar-refractivity contribution in [3.63, 3.8) is 0 Å². The summed E-state index contributed by atoms with van der Waals surface area (Å²) in [5, 5.41) is 2.05. The fourth-order valence-corrected chi connectivity index (χ4v) is 4.21. The number of likely N-dealkylation sites (tertiary alicyclic amines) is 1. The number of aromatic nitrogens is 1. The Kier molecular flexibility index (Phi) is 5.81. The van der Waals surface area contributed by atoms with E-state index in [2.05, 4.69) is 17.6 Å². The van der Waals surface area contributed by atoms with Gasteiger partial charge in [0.2, 0.25) is 0 Å². The SMILES string of the molecule is Cc1cc(C(=O)OCC(=O)N2CCC[C@H](C)C2)c(C)n1Cc1cccs1. The number of esters is 1. The predicted octanol–water partition coefficient (Wildman–Crippen LogP) is 3.63. The lowest BCUT2D eigenvalue weighted by molar-refractivity contribution is -0.136. The predicted molar refractivity (Wildman–Crippen MR) is 103 cm³/mol. The number of thiophene rings is 1. The van der Waals surface area contributed by atoms with Gasteiger partial charge in [0, 0.05) is 29.4 Å². The van der Waals surface area contributed by atoms with Crippen molar-refractivity contribution in [1.82, 2.24) is 9.47 Å². The monoisotopic (exact) mass is 374 g/mol. The van der Waals surface area contributed by atoms with Crippen LogP contribution in [0.15, 0.2) is 23.6 Å². The molecule has 0 radical (unpaired) electrons. The van der Waals surface area contributed by atoms with Crippen molar-refractivity contribution in [1.29, 1.82) is 0 Å². The smallest absolute Gasteiger partial charge is 0.340 e. The number of aryl methyl sites for hydroxylation is 1. The van der Waals surface area contributed by atoms with Crippen molar-refractivity contribution in [2.75, 3.05) is 19.7 Å². The van der Waals surface area contributed by atoms with Crippen molar-refractivity contribution >= 4 is 23.2 Å². The van der Waals surface area contributed by atoms with Crippen LogP contribution >= 0.6 is 11.3 Å². The van der Waals surface area contributed by atoms with Crippen molar-refractivity contribution in [2.24, 2.45) is 5.92 Å². The van der Waals surface area contributed by atoms with Crippen molar-refractivity contribution in [2.45, 2.75) is 40.2 Å². The van der Waals surface area contributed by atoms with Crippen LogP contribution in [0, 0.1) is 19.8 Å². The molecule has 1 atom stereocenters. The van der Waals surface area contributed by atoms with E-state index in [0.717, 1.165) is 43.9 Å². The Morgan fingerprint density at radius 1 is 1.35 bits per heavy atom. The molecule has 5 nitrogen and oxygen atoms in total. The first-order valence-corrected chi connectivity index (χ1v) is 9.97. The second-order valence-electron chi connectivity index (χ2n) is 7.11. The summed E-state index contributed by atoms with van der Waals surface area (Å²) in [6.07, 6.45) is 2.17. The molecular weight excluding hydrogens is 348 g/mol. The lowest BCUT2D eigenvalue weighted by atomic mass is 10.0. The summed E-state index contributed by atoms with van der Waals surface area (Å²) in [6.45, 7) is 8.13. The van der Waals surface area contributed by atoms with E-state index in [0.29, 0.717) is 11.5 Å². The molecule has 0 N–H and O–H groups in total. The lowest BCUT2D eigenvalue weighted by Gasteiger charge is -2.30. The van der Waals surface area contributed by atoms with E-state index in [4.69, 9.17) is 4.74 Å². The van der Waals surface area contributed by atoms with Crippen LogP contribution in [0.25, 0.3) is 0 Å². The van der Waals surface area contributed by atoms with Gasteiger partial charge >= 0.3 is 5.97 Å². The molecule has 0 unspecified atom stereocenters. The first kappa shape index (κ1) is 18.7. The van der Waals surface area contributed by atoms with Crippen LogP contribution in [0.5, 0.6) is 0 Å². The fourth-order valence-electron chi connectivity index (χ4n) is 3.52. The number of hydrogen-bond acceptors (Lipinski definition) is 4. The van der Waals surface area contributed by atoms with Gasteiger partial charge < -0.3 is 14.2 Å². The summed E-state index contributed by atoms with van der Waals surface area (Å²) in [5.74, 6) is -0.00851. The molecule has 1 amide bonds. The van der Waals surface area contributed by atoms with Crippen LogP contribution in [-0.2, 0) is 16.1 Å². The Bertz CT molecular complexity index is 779. The number of ether oxygens (including phenoxy) is 1. The number of piperidine rings is 1. The van der Waals surface area contributed by atoms with Crippen LogP contribution in [0.4, 0.5) is 0 Å². The van der Waals surface area contributed by atoms with Gasteiger partial charge in [-0.1, -0.05) is 13.0 Å². The highest BCUT2D eigenvalue weighted by molar-refractivity contribution is 7.09. The van der Waals surface area contributed by atoms with Gasteiger partial charge in [-0.15, -0.1) is 11.3 Å². The molecular formula is C20H26N2O3S. The molecule has 0 bridgehead atoms. The molecule has 1 fully saturated rings. The molecule has 2 aromatic rings. The van der Waals surface area contributed by atoms with Gasteiger partial charge in [-0.25, -0.2) is 4.79 Å². The molecule has 0 aliphatic carbocycles. The first-order chi connectivity index (χ1) is 12.5. The topological polar surface area (TPSA) is 51.5 Å². The van der Waals surface area contributed by atoms with Crippen LogP contribution in [0.1, 0.15) is 46.4 Å². The third-order valence-electron chi connectivity index (χ3n) is 5.02. The summed E-state index contributed by atoms with van der Waals surface area (Å²) < 4.78 is 7.43. The van der Waals surface area contributed by atoms with Gasteiger partial charge in [0.25, 0.3) is 5.91 Å². The molecule has 1 aliphatic heterocycles. The lowest BCUT2D eigenvalue weighted by Crippen LogP contribution is -2.41. The Morgan fingerprint density at radius 2 is 2.15 bits per heavy atom. The summed E-state index contributed by atoms with van der Waals surface area (Å²) >= 11 is 1.70. The Balaban J connectivity index is 1.62. The molecule has 26 heavy (non-hydrogen) atoms. The third kappa shape index (κ3) is 4.18. The zero-order valence-electron chi connectivity index (χ0n) is 15.7. The van der Waals surface area contributed by atoms with E-state index in [9.17, 15) is 9.59 Å². The molecule has 2 aromatic heterocycles. The Hall–Kier alpha value is -2.08. The molecule has 3 rings (SSSR count). The average Bonchev–Trinajstić information content (AvgIpc) is 3.23. The summed E-state index contributed by atoms with van der Waals surface area (Å²) in [4.78, 5) is 27.8. The van der Waals surface area contributed by atoms with Crippen LogP contribution in [-0.4, -0.2) is 41.0 Å². The highest BCUT2D eigenvalue weighted by Gasteiger charge is 2.23. The minimum atomic E-state index is -0.422. The van der Waals surface area contributed by atoms with Crippen LogP contribution in [0.2, 0.25) is 0 Å². The highest BCUT2D eigenvalue weighted by atomic mass is 32.1. The van der Waals surface area contributed by atoms with Gasteiger partial charge in [0.1, 0.15) is 0 Å². The minimum absolute atomic E-state index is 0.0997. The molecule has 1 aliphatic rings. The normalized spacial score (nSPS) is 17.3. The van der Waals surface area contributed by atoms with Gasteiger partial charge in [-0.3, -0.25) is 4.79 Å². The minimum Gasteiger partial charge on any atom is -0.452 e. The van der Waals surface area contributed by atoms with E-state index in [1.807, 2.05) is 36.3 Å². The quantitative estimate of drug-likeness (QED) is 0.751. The summed E-state index contributed by atoms with van der Waals surface area (Å²) in [6, 6.07) is 5.95. The number of rotatable bonds is 5. The maximum atomic E-state index is 12.5. The zero-order chi connectivity index (χ0) is 18.7. The van der Waals surface area contributed by atoms with Crippen LogP contribution < -0.4 is 0 Å². The standard InChI is InChI=1S/C20H26N2O3S/c1-14-6-4-8-21(11-14)19(23)13-25-20(24)18-10-15(2)22(16(18)3)12-17-7-5-9-26-17/h5,7,9-10,14H,4,6,8,11-13H2,1-3H3/t14-/m0/s1. The van der Waals surface area contributed by atoms with Gasteiger partial charge in [-0.2, -0.15) is 0 Å². The molecule has 1 saturated heterocycles. The van der Waals surface area contributed by atoms with Crippen molar-refractivity contribution in [3.8, 4) is 0 Å². The van der Waals surface area contributed by atoms with Gasteiger partial charge in [0.15, 0.2) is 6.61 Å². The van der Waals surface area contributed by atoms with E-state index in [1.165, 1.54) is 4.88 Å². The second kappa shape index (κ2) is 8.08. The average molecular weight is 375 g/mol. The number of hydrogen-bond donors (Lipinski definition) is 0. The van der Waals surface area contributed by atoms with Gasteiger partial charge in [0.05, 0.1) is 12.1 Å². The van der Waals surface area contributed by atoms with E-state index in [-0.39, 0.29) is 12.5 Å². The molecule has 0 aromatic carbocycles. The van der Waals surface area contributed by atoms with Crippen molar-refractivity contribution < 1.29 is 14.3 Å². The molecule has 3 heterocycles. The summed E-state index contributed by atoms with van der Waals surface area (Å²) in [7, 11) is 0. The first-order valence-electron chi connectivity index (χ1n) is 9.09. The maximum absolute atomic E-state index is 12.5. The second-order valence-corrected chi connectivity index (χ2v) is 8.15. The van der Waals surface area contributed by atoms with E-state index in [1.54, 1.807) is 11.3 Å². The van der Waals surface area contributed by atoms with Crippen LogP contribution in [0.3, 0.4) is 0 Å². The number of amides is 1. The van der Waals surface area contributed by atoms with Gasteiger partial charge in [-0.05, 0) is 50.1 Å².